The molecular weight excluding hydrogens is 259 g/mol. The molecule has 0 aliphatic rings. The van der Waals surface area contributed by atoms with Crippen LogP contribution in [-0.2, 0) is 0 Å². The Morgan fingerprint density at radius 1 is 1.35 bits per heavy atom. The quantitative estimate of drug-likeness (QED) is 0.721. The van der Waals surface area contributed by atoms with E-state index in [1.54, 1.807) is 12.1 Å². The van der Waals surface area contributed by atoms with Crippen molar-refractivity contribution >= 4 is 34.6 Å². The second-order valence-corrected chi connectivity index (χ2v) is 5.19. The molecule has 0 aromatic heterocycles. The lowest BCUT2D eigenvalue weighted by Gasteiger charge is -2.31. The minimum absolute atomic E-state index is 0.113. The van der Waals surface area contributed by atoms with E-state index in [4.69, 9.17) is 34.0 Å². The van der Waals surface area contributed by atoms with Gasteiger partial charge in [-0.25, -0.2) is 0 Å². The first-order valence-electron chi connectivity index (χ1n) is 5.55. The molecule has 0 spiro atoms. The molecule has 0 bridgehead atoms. The van der Waals surface area contributed by atoms with Gasteiger partial charge < -0.3 is 16.2 Å². The van der Waals surface area contributed by atoms with Gasteiger partial charge in [-0.1, -0.05) is 30.1 Å². The van der Waals surface area contributed by atoms with Gasteiger partial charge in [-0.3, -0.25) is 0 Å². The predicted octanol–water partition coefficient (Wildman–Crippen LogP) is 3.54. The molecule has 0 saturated heterocycles. The van der Waals surface area contributed by atoms with Gasteiger partial charge >= 0.3 is 0 Å². The smallest absolute Gasteiger partial charge is 0.0724 e. The van der Waals surface area contributed by atoms with Gasteiger partial charge in [0, 0.05) is 17.8 Å². The molecule has 0 heterocycles. The molecule has 0 fully saturated rings. The number of nitrogens with one attached hydrogen (secondary N) is 1. The molecule has 1 unspecified atom stereocenters. The van der Waals surface area contributed by atoms with E-state index in [0.717, 1.165) is 6.42 Å². The molecule has 5 heteroatoms. The second-order valence-electron chi connectivity index (χ2n) is 4.37. The lowest BCUT2D eigenvalue weighted by atomic mass is 9.94. The molecule has 0 amide bonds. The van der Waals surface area contributed by atoms with Crippen LogP contribution in [0.15, 0.2) is 12.1 Å². The Bertz CT molecular complexity index is 375. The van der Waals surface area contributed by atoms with E-state index >= 15 is 0 Å². The monoisotopic (exact) mass is 276 g/mol. The summed E-state index contributed by atoms with van der Waals surface area (Å²) in [5.41, 5.74) is 6.61. The Hall–Kier alpha value is -0.640. The first-order chi connectivity index (χ1) is 7.91. The maximum atomic E-state index is 9.07. The molecular formula is C12H18Cl2N2O. The summed E-state index contributed by atoms with van der Waals surface area (Å²) in [4.78, 5) is 0. The minimum Gasteiger partial charge on any atom is -0.399 e. The molecule has 17 heavy (non-hydrogen) atoms. The Labute approximate surface area is 112 Å². The van der Waals surface area contributed by atoms with E-state index in [9.17, 15) is 0 Å². The number of anilines is 2. The first-order valence-corrected chi connectivity index (χ1v) is 6.31. The number of nitrogen functional groups attached to an aromatic ring is 1. The van der Waals surface area contributed by atoms with Crippen molar-refractivity contribution in [2.24, 2.45) is 0 Å². The van der Waals surface area contributed by atoms with Crippen molar-refractivity contribution in [2.45, 2.75) is 32.2 Å². The molecule has 0 aliphatic heterocycles. The van der Waals surface area contributed by atoms with Gasteiger partial charge in [-0.15, -0.1) is 0 Å². The summed E-state index contributed by atoms with van der Waals surface area (Å²) in [6.07, 6.45) is 1.48. The molecule has 0 radical (unpaired) electrons. The van der Waals surface area contributed by atoms with Gasteiger partial charge in [-0.2, -0.15) is 0 Å². The minimum atomic E-state index is -0.238. The van der Waals surface area contributed by atoms with Gasteiger partial charge in [-0.05, 0) is 31.9 Å². The normalized spacial score (nSPS) is 14.4. The molecule has 0 aliphatic carbocycles. The second kappa shape index (κ2) is 5.80. The fourth-order valence-electron chi connectivity index (χ4n) is 1.59. The molecule has 3 nitrogen and oxygen atoms in total. The molecule has 4 N–H and O–H groups in total. The van der Waals surface area contributed by atoms with Crippen LogP contribution in [-0.4, -0.2) is 17.3 Å². The van der Waals surface area contributed by atoms with Crippen LogP contribution in [0.2, 0.25) is 10.0 Å². The Morgan fingerprint density at radius 2 is 1.88 bits per heavy atom. The van der Waals surface area contributed by atoms with E-state index < -0.39 is 0 Å². The van der Waals surface area contributed by atoms with Crippen LogP contribution >= 0.6 is 23.2 Å². The fraction of sp³-hybridized carbons (Fsp3) is 0.500. The van der Waals surface area contributed by atoms with Crippen molar-refractivity contribution in [3.8, 4) is 0 Å². The SMILES string of the molecule is CCC(C)(CCO)Nc1c(Cl)cc(N)cc1Cl. The lowest BCUT2D eigenvalue weighted by molar-refractivity contribution is 0.252. The summed E-state index contributed by atoms with van der Waals surface area (Å²) < 4.78 is 0. The zero-order valence-electron chi connectivity index (χ0n) is 10.1. The highest BCUT2D eigenvalue weighted by molar-refractivity contribution is 6.39. The summed E-state index contributed by atoms with van der Waals surface area (Å²) in [5.74, 6) is 0. The van der Waals surface area contributed by atoms with Crippen molar-refractivity contribution in [3.05, 3.63) is 22.2 Å². The number of rotatable bonds is 5. The van der Waals surface area contributed by atoms with Gasteiger partial charge in [0.25, 0.3) is 0 Å². The maximum Gasteiger partial charge on any atom is 0.0724 e. The van der Waals surface area contributed by atoms with E-state index in [1.807, 2.05) is 13.8 Å². The third-order valence-electron chi connectivity index (χ3n) is 2.94. The highest BCUT2D eigenvalue weighted by Gasteiger charge is 2.23. The van der Waals surface area contributed by atoms with E-state index in [-0.39, 0.29) is 12.1 Å². The van der Waals surface area contributed by atoms with Gasteiger partial charge in [0.2, 0.25) is 0 Å². The number of hydrogen-bond donors (Lipinski definition) is 3. The largest absolute Gasteiger partial charge is 0.399 e. The van der Waals surface area contributed by atoms with Crippen molar-refractivity contribution < 1.29 is 5.11 Å². The number of benzene rings is 1. The van der Waals surface area contributed by atoms with Crippen LogP contribution in [0.25, 0.3) is 0 Å². The fourth-order valence-corrected chi connectivity index (χ4v) is 2.19. The van der Waals surface area contributed by atoms with Crippen molar-refractivity contribution in [3.63, 3.8) is 0 Å². The van der Waals surface area contributed by atoms with Crippen LogP contribution < -0.4 is 11.1 Å². The molecule has 1 aromatic carbocycles. The number of hydrogen-bond acceptors (Lipinski definition) is 3. The van der Waals surface area contributed by atoms with Gasteiger partial charge in [0.1, 0.15) is 0 Å². The Kier molecular flexibility index (Phi) is 4.92. The highest BCUT2D eigenvalue weighted by atomic mass is 35.5. The average molecular weight is 277 g/mol. The zero-order valence-corrected chi connectivity index (χ0v) is 11.6. The van der Waals surface area contributed by atoms with Gasteiger partial charge in [0.05, 0.1) is 15.7 Å². The number of nitrogens with two attached hydrogens (primary N) is 1. The van der Waals surface area contributed by atoms with Crippen LogP contribution in [0.5, 0.6) is 0 Å². The summed E-state index contributed by atoms with van der Waals surface area (Å²) in [6, 6.07) is 3.32. The van der Waals surface area contributed by atoms with E-state index in [1.165, 1.54) is 0 Å². The summed E-state index contributed by atoms with van der Waals surface area (Å²) in [6.45, 7) is 4.18. The zero-order chi connectivity index (χ0) is 13.1. The predicted molar refractivity (Wildman–Crippen MR) is 74.9 cm³/mol. The number of halogens is 2. The standard InChI is InChI=1S/C12H18Cl2N2O/c1-3-12(2,4-5-17)16-11-9(13)6-8(15)7-10(11)14/h6-7,16-17H,3-5,15H2,1-2H3. The van der Waals surface area contributed by atoms with E-state index in [0.29, 0.717) is 27.8 Å². The average Bonchev–Trinajstić information content (AvgIpc) is 2.24. The van der Waals surface area contributed by atoms with Gasteiger partial charge in [0.15, 0.2) is 0 Å². The summed E-state index contributed by atoms with van der Waals surface area (Å²) in [5, 5.41) is 13.3. The highest BCUT2D eigenvalue weighted by Crippen LogP contribution is 2.36. The maximum absolute atomic E-state index is 9.07. The summed E-state index contributed by atoms with van der Waals surface area (Å²) in [7, 11) is 0. The lowest BCUT2D eigenvalue weighted by Crippen LogP contribution is -2.35. The van der Waals surface area contributed by atoms with Crippen molar-refractivity contribution in [1.29, 1.82) is 0 Å². The van der Waals surface area contributed by atoms with Crippen LogP contribution in [0.4, 0.5) is 11.4 Å². The molecule has 96 valence electrons. The number of aliphatic hydroxyl groups is 1. The third kappa shape index (κ3) is 3.66. The molecule has 1 rings (SSSR count). The molecule has 1 aromatic rings. The van der Waals surface area contributed by atoms with Crippen molar-refractivity contribution in [1.82, 2.24) is 0 Å². The van der Waals surface area contributed by atoms with Crippen LogP contribution in [0, 0.1) is 0 Å². The van der Waals surface area contributed by atoms with E-state index in [2.05, 4.69) is 5.32 Å². The topological polar surface area (TPSA) is 58.3 Å². The number of aliphatic hydroxyl groups excluding tert-OH is 1. The van der Waals surface area contributed by atoms with Crippen molar-refractivity contribution in [2.75, 3.05) is 17.7 Å². The third-order valence-corrected chi connectivity index (χ3v) is 3.53. The van der Waals surface area contributed by atoms with Crippen LogP contribution in [0.1, 0.15) is 26.7 Å². The first kappa shape index (κ1) is 14.4. The Morgan fingerprint density at radius 3 is 2.29 bits per heavy atom. The van der Waals surface area contributed by atoms with Crippen LogP contribution in [0.3, 0.4) is 0 Å². The molecule has 1 atom stereocenters. The Balaban J connectivity index is 3.01. The molecule has 0 saturated carbocycles. The summed E-state index contributed by atoms with van der Waals surface area (Å²) >= 11 is 12.2.